The molecular formula is C26H23N7O2. The number of rotatable bonds is 4. The molecule has 0 unspecified atom stereocenters. The molecule has 9 nitrogen and oxygen atoms in total. The monoisotopic (exact) mass is 465 g/mol. The summed E-state index contributed by atoms with van der Waals surface area (Å²) in [7, 11) is 0. The highest BCUT2D eigenvalue weighted by atomic mass is 16.2. The third-order valence-electron chi connectivity index (χ3n) is 6.69. The number of ketones is 1. The van der Waals surface area contributed by atoms with Crippen molar-refractivity contribution in [1.82, 2.24) is 29.0 Å². The van der Waals surface area contributed by atoms with E-state index >= 15 is 0 Å². The second kappa shape index (κ2) is 8.09. The van der Waals surface area contributed by atoms with Crippen LogP contribution in [0.15, 0.2) is 49.6 Å². The number of hydrogen-bond donors (Lipinski definition) is 1. The van der Waals surface area contributed by atoms with Crippen LogP contribution in [-0.4, -0.2) is 53.8 Å². The zero-order valence-corrected chi connectivity index (χ0v) is 19.0. The second-order valence-corrected chi connectivity index (χ2v) is 9.00. The smallest absolute Gasteiger partial charge is 0.246 e. The molecule has 0 bridgehead atoms. The van der Waals surface area contributed by atoms with Crippen LogP contribution in [0, 0.1) is 17.8 Å². The number of likely N-dealkylation sites (tertiary alicyclic amines) is 1. The van der Waals surface area contributed by atoms with Gasteiger partial charge in [-0.3, -0.25) is 14.3 Å². The molecule has 1 aliphatic carbocycles. The molecule has 35 heavy (non-hydrogen) atoms. The van der Waals surface area contributed by atoms with Crippen molar-refractivity contribution >= 4 is 34.1 Å². The van der Waals surface area contributed by atoms with Gasteiger partial charge in [0, 0.05) is 49.4 Å². The van der Waals surface area contributed by atoms with Crippen molar-refractivity contribution in [2.45, 2.75) is 25.3 Å². The summed E-state index contributed by atoms with van der Waals surface area (Å²) >= 11 is 0. The minimum absolute atomic E-state index is 0.0187. The van der Waals surface area contributed by atoms with Gasteiger partial charge in [0.25, 0.3) is 0 Å². The third kappa shape index (κ3) is 3.64. The van der Waals surface area contributed by atoms with Gasteiger partial charge in [0.1, 0.15) is 17.2 Å². The largest absolute Gasteiger partial charge is 0.383 e. The fourth-order valence-corrected chi connectivity index (χ4v) is 4.68. The van der Waals surface area contributed by atoms with Crippen LogP contribution in [0.25, 0.3) is 16.6 Å². The highest BCUT2D eigenvalue weighted by Crippen LogP contribution is 2.37. The van der Waals surface area contributed by atoms with Crippen LogP contribution in [0.1, 0.15) is 46.9 Å². The van der Waals surface area contributed by atoms with Crippen molar-refractivity contribution in [3.05, 3.63) is 66.4 Å². The number of carbonyl (C=O) groups excluding carboxylic acids is 2. The summed E-state index contributed by atoms with van der Waals surface area (Å²) in [5.74, 6) is 6.56. The van der Waals surface area contributed by atoms with E-state index in [0.29, 0.717) is 41.7 Å². The Bertz CT molecular complexity index is 1580. The Morgan fingerprint density at radius 3 is 2.83 bits per heavy atom. The fourth-order valence-electron chi connectivity index (χ4n) is 4.68. The van der Waals surface area contributed by atoms with Crippen LogP contribution in [0.4, 0.5) is 5.82 Å². The van der Waals surface area contributed by atoms with E-state index in [0.717, 1.165) is 24.1 Å². The van der Waals surface area contributed by atoms with Gasteiger partial charge >= 0.3 is 0 Å². The zero-order chi connectivity index (χ0) is 24.1. The molecule has 2 fully saturated rings. The maximum absolute atomic E-state index is 13.2. The van der Waals surface area contributed by atoms with E-state index in [1.807, 2.05) is 33.6 Å². The highest BCUT2D eigenvalue weighted by molar-refractivity contribution is 6.11. The molecule has 1 aliphatic heterocycles. The Kier molecular flexibility index (Phi) is 4.88. The first-order valence-corrected chi connectivity index (χ1v) is 11.6. The fraction of sp³-hybridized carbons (Fsp3) is 0.269. The second-order valence-electron chi connectivity index (χ2n) is 9.00. The first kappa shape index (κ1) is 21.1. The molecule has 0 spiro atoms. The number of nitrogen functional groups attached to an aromatic ring is 1. The maximum atomic E-state index is 13.2. The van der Waals surface area contributed by atoms with Gasteiger partial charge in [-0.2, -0.15) is 5.10 Å². The van der Waals surface area contributed by atoms with E-state index < -0.39 is 0 Å². The van der Waals surface area contributed by atoms with Crippen molar-refractivity contribution in [1.29, 1.82) is 0 Å². The molecule has 1 saturated carbocycles. The molecule has 1 saturated heterocycles. The minimum Gasteiger partial charge on any atom is -0.383 e. The van der Waals surface area contributed by atoms with Gasteiger partial charge in [0.2, 0.25) is 5.91 Å². The lowest BCUT2D eigenvalue weighted by Crippen LogP contribution is -2.27. The van der Waals surface area contributed by atoms with Crippen LogP contribution in [-0.2, 0) is 4.79 Å². The predicted molar refractivity (Wildman–Crippen MR) is 131 cm³/mol. The number of nitrogens with zero attached hydrogens (tertiary/aromatic N) is 6. The average Bonchev–Trinajstić information content (AvgIpc) is 3.26. The maximum Gasteiger partial charge on any atom is 0.246 e. The summed E-state index contributed by atoms with van der Waals surface area (Å²) in [5, 5.41) is 5.41. The SMILES string of the molecule is C=CC(=O)N1CC[C@H](n2nc(C#Cc3ccn4ccnc4c3)c3c(N)ncc(C(=O)C4CC4)c32)C1. The number of aromatic nitrogens is 5. The van der Waals surface area contributed by atoms with Crippen LogP contribution in [0.3, 0.4) is 0 Å². The van der Waals surface area contributed by atoms with E-state index in [2.05, 4.69) is 28.4 Å². The van der Waals surface area contributed by atoms with Crippen molar-refractivity contribution in [3.8, 4) is 11.8 Å². The number of imidazole rings is 1. The summed E-state index contributed by atoms with van der Waals surface area (Å²) in [4.78, 5) is 35.7. The molecule has 2 aliphatic rings. The first-order valence-electron chi connectivity index (χ1n) is 11.6. The molecule has 1 amide bonds. The van der Waals surface area contributed by atoms with E-state index in [4.69, 9.17) is 10.8 Å². The summed E-state index contributed by atoms with van der Waals surface area (Å²) in [6.07, 6.45) is 10.8. The molecule has 9 heteroatoms. The summed E-state index contributed by atoms with van der Waals surface area (Å²) in [5.41, 5.74) is 9.54. The summed E-state index contributed by atoms with van der Waals surface area (Å²) in [6.45, 7) is 4.66. The number of anilines is 1. The molecular weight excluding hydrogens is 442 g/mol. The molecule has 174 valence electrons. The number of fused-ring (bicyclic) bond motifs is 2. The van der Waals surface area contributed by atoms with Gasteiger partial charge in [-0.1, -0.05) is 12.5 Å². The van der Waals surface area contributed by atoms with Gasteiger partial charge in [0.15, 0.2) is 5.78 Å². The molecule has 4 aromatic rings. The summed E-state index contributed by atoms with van der Waals surface area (Å²) in [6, 6.07) is 3.69. The Balaban J connectivity index is 1.49. The van der Waals surface area contributed by atoms with E-state index in [1.54, 1.807) is 17.3 Å². The summed E-state index contributed by atoms with van der Waals surface area (Å²) < 4.78 is 3.74. The Morgan fingerprint density at radius 2 is 2.03 bits per heavy atom. The quantitative estimate of drug-likeness (QED) is 0.282. The first-order chi connectivity index (χ1) is 17.0. The third-order valence-corrected chi connectivity index (χ3v) is 6.69. The lowest BCUT2D eigenvalue weighted by molar-refractivity contribution is -0.125. The topological polar surface area (TPSA) is 111 Å². The Morgan fingerprint density at radius 1 is 1.17 bits per heavy atom. The van der Waals surface area contributed by atoms with Crippen molar-refractivity contribution in [2.75, 3.05) is 18.8 Å². The Hall–Kier alpha value is -4.45. The number of pyridine rings is 2. The van der Waals surface area contributed by atoms with Crippen LogP contribution in [0.2, 0.25) is 0 Å². The van der Waals surface area contributed by atoms with Crippen molar-refractivity contribution in [3.63, 3.8) is 0 Å². The standard InChI is InChI=1S/C26H23N7O2/c1-2-22(34)32-11-8-18(15-32)33-24-19(25(35)17-4-5-17)14-29-26(27)23(24)20(30-33)6-3-16-7-10-31-12-9-28-21(31)13-16/h2,7,9-10,12-14,17-18H,1,4-5,8,11,15H2,(H2,27,29)/t18-/m0/s1. The van der Waals surface area contributed by atoms with Gasteiger partial charge in [-0.15, -0.1) is 0 Å². The van der Waals surface area contributed by atoms with Gasteiger partial charge < -0.3 is 15.0 Å². The number of carbonyl (C=O) groups is 2. The predicted octanol–water partition coefficient (Wildman–Crippen LogP) is 2.61. The molecule has 0 radical (unpaired) electrons. The molecule has 0 aromatic carbocycles. The van der Waals surface area contributed by atoms with Gasteiger partial charge in [-0.05, 0) is 43.4 Å². The van der Waals surface area contributed by atoms with E-state index in [1.165, 1.54) is 6.08 Å². The van der Waals surface area contributed by atoms with E-state index in [-0.39, 0.29) is 29.5 Å². The van der Waals surface area contributed by atoms with Crippen molar-refractivity contribution < 1.29 is 9.59 Å². The van der Waals surface area contributed by atoms with Gasteiger partial charge in [0.05, 0.1) is 22.5 Å². The number of nitrogens with two attached hydrogens (primary N) is 1. The number of amides is 1. The van der Waals surface area contributed by atoms with Crippen LogP contribution < -0.4 is 5.73 Å². The molecule has 5 heterocycles. The number of hydrogen-bond acceptors (Lipinski definition) is 6. The van der Waals surface area contributed by atoms with Gasteiger partial charge in [-0.25, -0.2) is 9.97 Å². The lowest BCUT2D eigenvalue weighted by Gasteiger charge is -2.16. The van der Waals surface area contributed by atoms with Crippen LogP contribution in [0.5, 0.6) is 0 Å². The lowest BCUT2D eigenvalue weighted by atomic mass is 10.0. The van der Waals surface area contributed by atoms with Crippen LogP contribution >= 0.6 is 0 Å². The average molecular weight is 466 g/mol. The molecule has 1 atom stereocenters. The molecule has 4 aromatic heterocycles. The normalized spacial score (nSPS) is 17.5. The molecule has 2 N–H and O–H groups in total. The highest BCUT2D eigenvalue weighted by Gasteiger charge is 2.35. The molecule has 6 rings (SSSR count). The minimum atomic E-state index is -0.117. The zero-order valence-electron chi connectivity index (χ0n) is 19.0. The number of Topliss-reactive ketones (excluding diaryl/α,β-unsaturated/α-hetero) is 1. The van der Waals surface area contributed by atoms with E-state index in [9.17, 15) is 9.59 Å². The van der Waals surface area contributed by atoms with Crippen molar-refractivity contribution in [2.24, 2.45) is 5.92 Å². The Labute approximate surface area is 201 Å².